The molecule has 0 bridgehead atoms. The zero-order valence-electron chi connectivity index (χ0n) is 32.1. The summed E-state index contributed by atoms with van der Waals surface area (Å²) in [5.74, 6) is -5.42. The number of amidine groups is 1. The van der Waals surface area contributed by atoms with Crippen LogP contribution in [-0.2, 0) is 34.5 Å². The fourth-order valence-corrected chi connectivity index (χ4v) is 7.61. The number of carboxylic acids is 1. The molecule has 64 heavy (non-hydrogen) atoms. The average Bonchev–Trinajstić information content (AvgIpc) is 3.21. The van der Waals surface area contributed by atoms with Crippen LogP contribution >= 0.6 is 10.9 Å². The maximum Gasteiger partial charge on any atom is 0.397 e. The van der Waals surface area contributed by atoms with E-state index in [0.29, 0.717) is 11.8 Å². The number of azo groups is 1. The third-order valence-electron chi connectivity index (χ3n) is 8.07. The molecule has 0 unspecified atom stereocenters. The lowest BCUT2D eigenvalue weighted by atomic mass is 10.2. The van der Waals surface area contributed by atoms with Crippen LogP contribution in [0.4, 0.5) is 40.6 Å². The number of nitrogens with zero attached hydrogens (tertiary/aromatic N) is 8. The number of aromatic carboxylic acids is 1. The molecule has 0 aliphatic heterocycles. The van der Waals surface area contributed by atoms with E-state index in [1.165, 1.54) is 29.2 Å². The number of hydrogen-bond acceptors (Lipinski definition) is 22. The highest BCUT2D eigenvalue weighted by Gasteiger charge is 2.24. The minimum atomic E-state index is -5.07. The van der Waals surface area contributed by atoms with E-state index < -0.39 is 116 Å². The van der Waals surface area contributed by atoms with Crippen LogP contribution in [0.2, 0.25) is 0 Å². The van der Waals surface area contributed by atoms with E-state index in [-0.39, 0.29) is 23.0 Å². The lowest BCUT2D eigenvalue weighted by Gasteiger charge is -2.23. The van der Waals surface area contributed by atoms with Crippen molar-refractivity contribution in [2.75, 3.05) is 45.6 Å². The van der Waals surface area contributed by atoms with Crippen molar-refractivity contribution in [3.63, 3.8) is 0 Å². The van der Waals surface area contributed by atoms with Crippen molar-refractivity contribution in [3.05, 3.63) is 102 Å². The minimum Gasteiger partial charge on any atom is -0.504 e. The zero-order valence-corrected chi connectivity index (χ0v) is 35.4. The first-order valence-corrected chi connectivity index (χ1v) is 23.5. The molecule has 5 aromatic rings. The number of anilines is 6. The van der Waals surface area contributed by atoms with Gasteiger partial charge in [0, 0.05) is 17.8 Å². The molecule has 4 aromatic carbocycles. The van der Waals surface area contributed by atoms with E-state index in [2.05, 4.69) is 50.5 Å². The Balaban J connectivity index is 1.56. The molecule has 0 saturated heterocycles. The first-order chi connectivity index (χ1) is 30.0. The van der Waals surface area contributed by atoms with Gasteiger partial charge in [-0.3, -0.25) is 19.8 Å². The van der Waals surface area contributed by atoms with Crippen molar-refractivity contribution in [2.45, 2.75) is 9.79 Å². The standard InChI is InChI=1S/C34H33N11O15S4/c35-20-36-32-38-33(40-34(39-32)45(22-9-5-2-6-10-22)13-15-61(49,50)16-14-60-64(57,58)59)37-27-18-24(63(54,55)56)19-28(29(27)46)42-44-30(21-7-3-1-4-8-21)43-41-26-17-23(62(51,52)53)11-12-25(26)31(47)48/h1-12,17-19,41,46,51-53H,13-16H2,(H,47,48)(H,54,55,56)(H,57,58,59)(H2,36,37,38,39,40)/b43-30-,44-42?. The molecule has 0 atom stereocenters. The number of nitriles is 1. The first kappa shape index (κ1) is 48.1. The van der Waals surface area contributed by atoms with Crippen LogP contribution in [0.3, 0.4) is 0 Å². The van der Waals surface area contributed by atoms with Gasteiger partial charge in [0.25, 0.3) is 10.1 Å². The van der Waals surface area contributed by atoms with Gasteiger partial charge in [-0.25, -0.2) is 17.4 Å². The predicted octanol–water partition coefficient (Wildman–Crippen LogP) is 4.67. The quantitative estimate of drug-likeness (QED) is 0.00785. The van der Waals surface area contributed by atoms with Crippen LogP contribution in [-0.4, -0.2) is 110 Å². The van der Waals surface area contributed by atoms with Crippen molar-refractivity contribution in [1.29, 1.82) is 5.26 Å². The molecule has 0 aliphatic rings. The molecule has 1 heterocycles. The van der Waals surface area contributed by atoms with Gasteiger partial charge in [0.2, 0.25) is 23.7 Å². The third-order valence-corrected chi connectivity index (χ3v) is 11.8. The molecule has 0 saturated carbocycles. The highest BCUT2D eigenvalue weighted by Crippen LogP contribution is 2.45. The first-order valence-electron chi connectivity index (χ1n) is 17.4. The number of rotatable bonds is 19. The Morgan fingerprint density at radius 1 is 0.797 bits per heavy atom. The Morgan fingerprint density at radius 3 is 2.05 bits per heavy atom. The van der Waals surface area contributed by atoms with Crippen LogP contribution in [0.1, 0.15) is 15.9 Å². The SMILES string of the molecule is N#CNc1nc(Nc2cc(S(=O)(=O)O)cc(N=N/C(=N\Nc3cc(S(O)(O)O)ccc3C(=O)O)c3ccccc3)c2O)nc(N(CCS(=O)(=O)CCOS(=O)(=O)O)c2ccccc2)n1. The Labute approximate surface area is 364 Å². The van der Waals surface area contributed by atoms with E-state index in [1.54, 1.807) is 42.6 Å². The summed E-state index contributed by atoms with van der Waals surface area (Å²) in [5, 5.41) is 47.2. The second-order valence-corrected chi connectivity index (χ2v) is 18.8. The number of carbonyl (C=O) groups is 1. The van der Waals surface area contributed by atoms with Gasteiger partial charge in [-0.1, -0.05) is 48.5 Å². The van der Waals surface area contributed by atoms with Gasteiger partial charge in [-0.05, 0) is 42.5 Å². The molecule has 0 radical (unpaired) electrons. The molecule has 30 heteroatoms. The number of carboxylic acid groups (broad SMARTS) is 1. The van der Waals surface area contributed by atoms with Crippen molar-refractivity contribution < 1.29 is 67.2 Å². The molecule has 10 N–H and O–H groups in total. The van der Waals surface area contributed by atoms with Crippen LogP contribution in [0.15, 0.2) is 116 Å². The van der Waals surface area contributed by atoms with Crippen LogP contribution in [0, 0.1) is 11.5 Å². The number of aromatic hydroxyl groups is 1. The van der Waals surface area contributed by atoms with E-state index in [9.17, 15) is 63.7 Å². The molecule has 0 spiro atoms. The largest absolute Gasteiger partial charge is 0.504 e. The average molecular weight is 964 g/mol. The van der Waals surface area contributed by atoms with Gasteiger partial charge in [0.15, 0.2) is 21.8 Å². The summed E-state index contributed by atoms with van der Waals surface area (Å²) in [6.07, 6.45) is 1.61. The maximum atomic E-state index is 12.8. The molecule has 0 amide bonds. The lowest BCUT2D eigenvalue weighted by molar-refractivity contribution is 0.0697. The Morgan fingerprint density at radius 2 is 1.44 bits per heavy atom. The van der Waals surface area contributed by atoms with E-state index >= 15 is 0 Å². The molecule has 338 valence electrons. The minimum absolute atomic E-state index is 0.208. The van der Waals surface area contributed by atoms with Crippen molar-refractivity contribution in [1.82, 2.24) is 15.0 Å². The fourth-order valence-electron chi connectivity index (χ4n) is 5.15. The number of phenolic OH excluding ortho intramolecular Hbond substituents is 1. The zero-order chi connectivity index (χ0) is 46.9. The predicted molar refractivity (Wildman–Crippen MR) is 228 cm³/mol. The molecule has 0 fully saturated rings. The van der Waals surface area contributed by atoms with Gasteiger partial charge >= 0.3 is 16.4 Å². The van der Waals surface area contributed by atoms with Crippen molar-refractivity contribution in [2.24, 2.45) is 15.3 Å². The van der Waals surface area contributed by atoms with Gasteiger partial charge in [0.1, 0.15) is 16.6 Å². The van der Waals surface area contributed by atoms with Gasteiger partial charge in [-0.2, -0.15) is 42.2 Å². The summed E-state index contributed by atoms with van der Waals surface area (Å²) in [6.45, 7) is -1.30. The van der Waals surface area contributed by atoms with Crippen LogP contribution in [0.5, 0.6) is 5.75 Å². The van der Waals surface area contributed by atoms with Crippen molar-refractivity contribution in [3.8, 4) is 11.9 Å². The summed E-state index contributed by atoms with van der Waals surface area (Å²) in [4.78, 5) is 24.3. The van der Waals surface area contributed by atoms with Gasteiger partial charge in [0.05, 0.1) is 44.8 Å². The summed E-state index contributed by atoms with van der Waals surface area (Å²) in [5.41, 5.74) is 0.966. The van der Waals surface area contributed by atoms with Gasteiger partial charge < -0.3 is 34.1 Å². The highest BCUT2D eigenvalue weighted by atomic mass is 32.3. The molecule has 26 nitrogen and oxygen atoms in total. The molecular weight excluding hydrogens is 931 g/mol. The number of nitrogens with one attached hydrogen (secondary N) is 3. The third kappa shape index (κ3) is 13.5. The van der Waals surface area contributed by atoms with E-state index in [4.69, 9.17) is 4.55 Å². The summed E-state index contributed by atoms with van der Waals surface area (Å²) in [6, 6.07) is 19.9. The monoisotopic (exact) mass is 963 g/mol. The smallest absolute Gasteiger partial charge is 0.397 e. The topological polar surface area (TPSA) is 409 Å². The van der Waals surface area contributed by atoms with E-state index in [1.807, 2.05) is 0 Å². The van der Waals surface area contributed by atoms with E-state index in [0.717, 1.165) is 24.3 Å². The van der Waals surface area contributed by atoms with Crippen LogP contribution in [0.25, 0.3) is 0 Å². The van der Waals surface area contributed by atoms with Crippen LogP contribution < -0.4 is 21.0 Å². The number of phenols is 1. The Hall–Kier alpha value is -6.92. The fraction of sp³-hybridized carbons (Fsp3) is 0.118. The summed E-state index contributed by atoms with van der Waals surface area (Å²) < 4.78 is 125. The number of hydrazone groups is 1. The molecule has 5 rings (SSSR count). The maximum absolute atomic E-state index is 12.8. The second kappa shape index (κ2) is 20.1. The number of benzene rings is 4. The number of aromatic nitrogens is 3. The Bertz CT molecular complexity index is 2970. The number of para-hydroxylation sites is 1. The van der Waals surface area contributed by atoms with Gasteiger partial charge in [-0.15, -0.1) is 10.2 Å². The number of hydrogen-bond donors (Lipinski definition) is 10. The second-order valence-electron chi connectivity index (χ2n) is 12.5. The van der Waals surface area contributed by atoms with Crippen molar-refractivity contribution >= 4 is 93.6 Å². The summed E-state index contributed by atoms with van der Waals surface area (Å²) in [7, 11) is -18.4. The normalized spacial score (nSPS) is 12.7. The molecule has 0 aliphatic carbocycles. The number of sulfone groups is 1. The summed E-state index contributed by atoms with van der Waals surface area (Å²) >= 11 is 0. The highest BCUT2D eigenvalue weighted by molar-refractivity contribution is 8.19. The molecular formula is C34H33N11O15S4. The Kier molecular flexibility index (Phi) is 15.1. The molecule has 1 aromatic heterocycles. The lowest BCUT2D eigenvalue weighted by Crippen LogP contribution is -2.29.